The first-order valence-electron chi connectivity index (χ1n) is 8.39. The second-order valence-corrected chi connectivity index (χ2v) is 6.14. The lowest BCUT2D eigenvalue weighted by molar-refractivity contribution is 0.0857. The number of hydrogen-bond donors (Lipinski definition) is 1. The van der Waals surface area contributed by atoms with Crippen LogP contribution in [0.1, 0.15) is 34.3 Å². The van der Waals surface area contributed by atoms with Crippen LogP contribution >= 0.6 is 0 Å². The molecular weight excluding hydrogens is 302 g/mol. The van der Waals surface area contributed by atoms with Gasteiger partial charge in [-0.1, -0.05) is 29.8 Å². The van der Waals surface area contributed by atoms with Crippen LogP contribution in [-0.2, 0) is 11.3 Å². The van der Waals surface area contributed by atoms with E-state index in [2.05, 4.69) is 5.32 Å². The predicted octanol–water partition coefficient (Wildman–Crippen LogP) is 3.48. The maximum Gasteiger partial charge on any atom is 0.251 e. The van der Waals surface area contributed by atoms with E-state index in [1.807, 2.05) is 55.5 Å². The van der Waals surface area contributed by atoms with Crippen LogP contribution in [0.4, 0.5) is 0 Å². The monoisotopic (exact) mass is 325 g/mol. The molecule has 0 aromatic heterocycles. The van der Waals surface area contributed by atoms with Crippen molar-refractivity contribution in [3.8, 4) is 5.75 Å². The Hall–Kier alpha value is -2.33. The molecule has 0 aliphatic carbocycles. The first-order chi connectivity index (χ1) is 11.7. The molecule has 4 heteroatoms. The van der Waals surface area contributed by atoms with Gasteiger partial charge in [-0.3, -0.25) is 4.79 Å². The second-order valence-electron chi connectivity index (χ2n) is 6.14. The molecule has 0 bridgehead atoms. The van der Waals surface area contributed by atoms with Gasteiger partial charge in [0.25, 0.3) is 5.91 Å². The highest BCUT2D eigenvalue weighted by atomic mass is 16.5. The number of ether oxygens (including phenoxy) is 2. The van der Waals surface area contributed by atoms with E-state index in [0.717, 1.165) is 30.8 Å². The first-order valence-corrected chi connectivity index (χ1v) is 8.39. The molecule has 1 aliphatic heterocycles. The summed E-state index contributed by atoms with van der Waals surface area (Å²) in [5.74, 6) is 0.787. The lowest BCUT2D eigenvalue weighted by atomic mass is 10.1. The third kappa shape index (κ3) is 4.59. The van der Waals surface area contributed by atoms with Gasteiger partial charge < -0.3 is 14.8 Å². The Morgan fingerprint density at radius 2 is 1.92 bits per heavy atom. The molecular formula is C20H23NO3. The second kappa shape index (κ2) is 7.97. The van der Waals surface area contributed by atoms with Crippen LogP contribution in [-0.4, -0.2) is 25.2 Å². The van der Waals surface area contributed by atoms with Crippen LogP contribution in [0.25, 0.3) is 0 Å². The molecule has 1 atom stereocenters. The maximum absolute atomic E-state index is 12.1. The van der Waals surface area contributed by atoms with E-state index in [0.29, 0.717) is 18.7 Å². The molecule has 1 N–H and O–H groups in total. The van der Waals surface area contributed by atoms with E-state index in [1.165, 1.54) is 5.56 Å². The number of nitrogens with one attached hydrogen (secondary N) is 1. The smallest absolute Gasteiger partial charge is 0.251 e. The molecule has 0 radical (unpaired) electrons. The Bertz CT molecular complexity index is 658. The molecule has 24 heavy (non-hydrogen) atoms. The van der Waals surface area contributed by atoms with Gasteiger partial charge in [-0.15, -0.1) is 0 Å². The van der Waals surface area contributed by atoms with Gasteiger partial charge in [-0.2, -0.15) is 0 Å². The van der Waals surface area contributed by atoms with Crippen LogP contribution in [0, 0.1) is 6.92 Å². The third-order valence-electron chi connectivity index (χ3n) is 4.16. The fraction of sp³-hybridized carbons (Fsp3) is 0.350. The zero-order valence-corrected chi connectivity index (χ0v) is 14.0. The molecule has 1 heterocycles. The molecule has 0 saturated carbocycles. The molecule has 1 amide bonds. The molecule has 4 nitrogen and oxygen atoms in total. The largest absolute Gasteiger partial charge is 0.489 e. The van der Waals surface area contributed by atoms with Crippen LogP contribution < -0.4 is 10.1 Å². The summed E-state index contributed by atoms with van der Waals surface area (Å²) in [4.78, 5) is 12.1. The SMILES string of the molecule is Cc1ccc(OCc2ccc(C(=O)NC[C@H]3CCCO3)cc2)cc1. The Labute approximate surface area is 142 Å². The quantitative estimate of drug-likeness (QED) is 0.884. The van der Waals surface area contributed by atoms with Crippen LogP contribution in [0.2, 0.25) is 0 Å². The summed E-state index contributed by atoms with van der Waals surface area (Å²) in [5.41, 5.74) is 2.90. The summed E-state index contributed by atoms with van der Waals surface area (Å²) in [7, 11) is 0. The Morgan fingerprint density at radius 1 is 1.17 bits per heavy atom. The third-order valence-corrected chi connectivity index (χ3v) is 4.16. The minimum atomic E-state index is -0.0588. The van der Waals surface area contributed by atoms with Crippen LogP contribution in [0.5, 0.6) is 5.75 Å². The van der Waals surface area contributed by atoms with Gasteiger partial charge in [-0.05, 0) is 49.6 Å². The Morgan fingerprint density at radius 3 is 2.58 bits per heavy atom. The van der Waals surface area contributed by atoms with Gasteiger partial charge in [0.05, 0.1) is 6.10 Å². The van der Waals surface area contributed by atoms with Crippen molar-refractivity contribution in [3.05, 3.63) is 65.2 Å². The van der Waals surface area contributed by atoms with Crippen LogP contribution in [0.15, 0.2) is 48.5 Å². The Kier molecular flexibility index (Phi) is 5.49. The van der Waals surface area contributed by atoms with Crippen molar-refractivity contribution >= 4 is 5.91 Å². The molecule has 126 valence electrons. The van der Waals surface area contributed by atoms with Crippen molar-refractivity contribution in [2.75, 3.05) is 13.2 Å². The maximum atomic E-state index is 12.1. The van der Waals surface area contributed by atoms with E-state index < -0.39 is 0 Å². The van der Waals surface area contributed by atoms with Crippen molar-refractivity contribution in [1.29, 1.82) is 0 Å². The average Bonchev–Trinajstić information content (AvgIpc) is 3.13. The van der Waals surface area contributed by atoms with Gasteiger partial charge in [-0.25, -0.2) is 0 Å². The molecule has 1 aliphatic rings. The number of benzene rings is 2. The highest BCUT2D eigenvalue weighted by molar-refractivity contribution is 5.94. The van der Waals surface area contributed by atoms with Gasteiger partial charge in [0.1, 0.15) is 12.4 Å². The number of hydrogen-bond acceptors (Lipinski definition) is 3. The molecule has 0 unspecified atom stereocenters. The molecule has 1 fully saturated rings. The topological polar surface area (TPSA) is 47.6 Å². The molecule has 3 rings (SSSR count). The fourth-order valence-electron chi connectivity index (χ4n) is 2.67. The number of rotatable bonds is 6. The van der Waals surface area contributed by atoms with Crippen molar-refractivity contribution in [2.45, 2.75) is 32.5 Å². The number of carbonyl (C=O) groups is 1. The van der Waals surface area contributed by atoms with E-state index in [9.17, 15) is 4.79 Å². The minimum absolute atomic E-state index is 0.0588. The van der Waals surface area contributed by atoms with E-state index in [4.69, 9.17) is 9.47 Å². The van der Waals surface area contributed by atoms with Crippen molar-refractivity contribution < 1.29 is 14.3 Å². The summed E-state index contributed by atoms with van der Waals surface area (Å²) < 4.78 is 11.3. The van der Waals surface area contributed by atoms with E-state index in [-0.39, 0.29) is 12.0 Å². The molecule has 2 aromatic carbocycles. The van der Waals surface area contributed by atoms with Gasteiger partial charge in [0.15, 0.2) is 0 Å². The summed E-state index contributed by atoms with van der Waals surface area (Å²) >= 11 is 0. The molecule has 1 saturated heterocycles. The zero-order chi connectivity index (χ0) is 16.8. The summed E-state index contributed by atoms with van der Waals surface area (Å²) in [6, 6.07) is 15.5. The summed E-state index contributed by atoms with van der Waals surface area (Å²) in [5, 5.41) is 2.93. The van der Waals surface area contributed by atoms with Gasteiger partial charge in [0.2, 0.25) is 0 Å². The summed E-state index contributed by atoms with van der Waals surface area (Å²) in [6.45, 7) is 3.92. The predicted molar refractivity (Wildman–Crippen MR) is 93.3 cm³/mol. The highest BCUT2D eigenvalue weighted by Crippen LogP contribution is 2.14. The van der Waals surface area contributed by atoms with Crippen molar-refractivity contribution in [3.63, 3.8) is 0 Å². The lowest BCUT2D eigenvalue weighted by Crippen LogP contribution is -2.31. The number of aryl methyl sites for hydroxylation is 1. The lowest BCUT2D eigenvalue weighted by Gasteiger charge is -2.11. The zero-order valence-electron chi connectivity index (χ0n) is 14.0. The van der Waals surface area contributed by atoms with Gasteiger partial charge >= 0.3 is 0 Å². The Balaban J connectivity index is 1.48. The normalized spacial score (nSPS) is 16.8. The average molecular weight is 325 g/mol. The standard InChI is InChI=1S/C20H23NO3/c1-15-4-10-18(11-5-15)24-14-16-6-8-17(9-7-16)20(22)21-13-19-3-2-12-23-19/h4-11,19H,2-3,12-14H2,1H3,(H,21,22)/t19-/m1/s1. The molecule has 2 aromatic rings. The number of amides is 1. The number of carbonyl (C=O) groups excluding carboxylic acids is 1. The fourth-order valence-corrected chi connectivity index (χ4v) is 2.67. The van der Waals surface area contributed by atoms with Crippen molar-refractivity contribution in [1.82, 2.24) is 5.32 Å². The van der Waals surface area contributed by atoms with E-state index >= 15 is 0 Å². The van der Waals surface area contributed by atoms with Crippen LogP contribution in [0.3, 0.4) is 0 Å². The van der Waals surface area contributed by atoms with E-state index in [1.54, 1.807) is 0 Å². The minimum Gasteiger partial charge on any atom is -0.489 e. The first kappa shape index (κ1) is 16.5. The molecule has 0 spiro atoms. The van der Waals surface area contributed by atoms with Crippen molar-refractivity contribution in [2.24, 2.45) is 0 Å². The highest BCUT2D eigenvalue weighted by Gasteiger charge is 2.16. The van der Waals surface area contributed by atoms with Gasteiger partial charge in [0, 0.05) is 18.7 Å². The summed E-state index contributed by atoms with van der Waals surface area (Å²) in [6.07, 6.45) is 2.27.